The Bertz CT molecular complexity index is 2340. The number of anilines is 3. The average molecular weight is 879 g/mol. The molecule has 1 N–H and O–H groups in total. The number of nitro benzene ring substituents is 1. The molecule has 4 saturated heterocycles. The van der Waals surface area contributed by atoms with E-state index in [9.17, 15) is 49.0 Å². The maximum Gasteiger partial charge on any atom is 0.287 e. The number of thiazole rings is 1. The summed E-state index contributed by atoms with van der Waals surface area (Å²) in [6.45, 7) is 4.21. The molecule has 1 amide bonds. The van der Waals surface area contributed by atoms with Crippen LogP contribution in [0.1, 0.15) is 70.6 Å². The van der Waals surface area contributed by atoms with Crippen molar-refractivity contribution in [3.63, 3.8) is 0 Å². The van der Waals surface area contributed by atoms with E-state index in [1.54, 1.807) is 29.5 Å². The zero-order chi connectivity index (χ0) is 44.5. The molecule has 2 saturated carbocycles. The molecule has 2 aliphatic carbocycles. The van der Waals surface area contributed by atoms with Crippen molar-refractivity contribution in [3.8, 4) is 0 Å². The van der Waals surface area contributed by atoms with Crippen molar-refractivity contribution in [3.05, 3.63) is 87.1 Å². The van der Waals surface area contributed by atoms with Gasteiger partial charge in [-0.1, -0.05) is 23.5 Å². The quantitative estimate of drug-likeness (QED) is 0.151. The van der Waals surface area contributed by atoms with Gasteiger partial charge in [0.1, 0.15) is 40.7 Å². The minimum atomic E-state index is -0.686. The third kappa shape index (κ3) is 8.91. The van der Waals surface area contributed by atoms with Crippen LogP contribution in [0.2, 0.25) is 0 Å². The fourth-order valence-corrected chi connectivity index (χ4v) is 10.7. The molecule has 6 aliphatic rings. The largest absolute Gasteiger partial charge is 0.371 e. The van der Waals surface area contributed by atoms with Crippen LogP contribution >= 0.6 is 11.3 Å². The Kier molecular flexibility index (Phi) is 11.9. The Morgan fingerprint density at radius 1 is 0.603 bits per heavy atom. The van der Waals surface area contributed by atoms with Crippen LogP contribution in [-0.4, -0.2) is 99.4 Å². The Hall–Kier alpha value is -6.50. The molecular formula is C44H46N8O10S. The molecule has 18 nitrogen and oxygen atoms in total. The number of Topliss-reactive ketones (excluding diaryl/α,β-unsaturated/α-hetero) is 5. The van der Waals surface area contributed by atoms with Crippen LogP contribution in [0.3, 0.4) is 0 Å². The zero-order valence-electron chi connectivity index (χ0n) is 34.5. The monoisotopic (exact) mass is 878 g/mol. The first-order valence-electron chi connectivity index (χ1n) is 21.1. The average Bonchev–Trinajstić information content (AvgIpc) is 3.99. The topological polar surface area (TPSA) is 236 Å². The summed E-state index contributed by atoms with van der Waals surface area (Å²) in [5.74, 6) is 0.863. The lowest BCUT2D eigenvalue weighted by molar-refractivity contribution is -0.385. The second kappa shape index (κ2) is 17.3. The fraction of sp³-hybridized carbons (Fsp3) is 0.455. The predicted molar refractivity (Wildman–Crippen MR) is 232 cm³/mol. The highest BCUT2D eigenvalue weighted by Crippen LogP contribution is 2.44. The van der Waals surface area contributed by atoms with Gasteiger partial charge >= 0.3 is 0 Å². The number of hydrogen-bond donors (Lipinski definition) is 1. The Balaban J connectivity index is 0.000000130. The minimum Gasteiger partial charge on any atom is -0.371 e. The van der Waals surface area contributed by atoms with Gasteiger partial charge in [0, 0.05) is 86.8 Å². The first-order valence-corrected chi connectivity index (χ1v) is 21.9. The van der Waals surface area contributed by atoms with Crippen LogP contribution in [0.4, 0.5) is 28.0 Å². The summed E-state index contributed by atoms with van der Waals surface area (Å²) < 4.78 is 1.19. The number of nitrogens with zero attached hydrogens (tertiary/aromatic N) is 7. The van der Waals surface area contributed by atoms with E-state index in [0.717, 1.165) is 42.3 Å². The summed E-state index contributed by atoms with van der Waals surface area (Å²) in [7, 11) is 0. The van der Waals surface area contributed by atoms with Gasteiger partial charge in [-0.05, 0) is 68.9 Å². The second-order valence-electron chi connectivity index (χ2n) is 17.3. The van der Waals surface area contributed by atoms with Crippen LogP contribution in [-0.2, 0) is 28.8 Å². The fourth-order valence-electron chi connectivity index (χ4n) is 9.71. The summed E-state index contributed by atoms with van der Waals surface area (Å²) in [5.41, 5.74) is 0.443. The van der Waals surface area contributed by atoms with Crippen LogP contribution in [0.5, 0.6) is 0 Å². The molecule has 19 heteroatoms. The number of aromatic nitrogens is 2. The number of non-ortho nitro benzene ring substituents is 1. The van der Waals surface area contributed by atoms with E-state index in [1.165, 1.54) is 29.1 Å². The number of amides is 1. The molecule has 0 bridgehead atoms. The van der Waals surface area contributed by atoms with Crippen molar-refractivity contribution in [1.82, 2.24) is 15.3 Å². The van der Waals surface area contributed by atoms with Gasteiger partial charge < -0.3 is 20.0 Å². The number of nitro groups is 2. The van der Waals surface area contributed by atoms with Crippen molar-refractivity contribution in [2.24, 2.45) is 10.8 Å². The van der Waals surface area contributed by atoms with Gasteiger partial charge in [-0.2, -0.15) is 0 Å². The van der Waals surface area contributed by atoms with Crippen molar-refractivity contribution < 1.29 is 38.6 Å². The smallest absolute Gasteiger partial charge is 0.287 e. The molecule has 0 atom stereocenters. The lowest BCUT2D eigenvalue weighted by Gasteiger charge is -2.39. The maximum atomic E-state index is 12.1. The van der Waals surface area contributed by atoms with Gasteiger partial charge in [0.2, 0.25) is 5.91 Å². The van der Waals surface area contributed by atoms with Crippen molar-refractivity contribution in [2.75, 3.05) is 54.0 Å². The highest BCUT2D eigenvalue weighted by atomic mass is 32.1. The van der Waals surface area contributed by atoms with Crippen LogP contribution in [0, 0.1) is 31.1 Å². The number of carbonyl (C=O) groups is 6. The standard InChI is InChI=1S/C16H16N2O2S.2C14H15N3O4/c19-11-9-14(20)16(10-11)5-7-18(8-6-16)15-17-12-3-1-2-4-13(12)21-15;18-12-9-13(19)15-14(12)5-7-16(8-6-14)10-1-3-11(4-2-10)17(20)21;18-11-7-12(19)14(8-11)3-5-16(6-4-14)13-2-1-10(9-15-13)17(20)21/h1-4H,5-10H2;1-4H,5-9H2,(H,15,19);1-2,9H,3-8H2. The van der Waals surface area contributed by atoms with Crippen LogP contribution in [0.25, 0.3) is 10.2 Å². The molecule has 3 spiro atoms. The molecule has 6 heterocycles. The van der Waals surface area contributed by atoms with Gasteiger partial charge in [0.25, 0.3) is 11.4 Å². The number of hydrogen-bond acceptors (Lipinski definition) is 16. The summed E-state index contributed by atoms with van der Waals surface area (Å²) in [5, 5.41) is 25.1. The summed E-state index contributed by atoms with van der Waals surface area (Å²) in [6, 6.07) is 17.6. The molecule has 2 aromatic carbocycles. The lowest BCUT2D eigenvalue weighted by atomic mass is 9.76. The normalized spacial score (nSPS) is 21.1. The number of pyridine rings is 1. The minimum absolute atomic E-state index is 0.0163. The summed E-state index contributed by atoms with van der Waals surface area (Å²) in [4.78, 5) is 106. The van der Waals surface area contributed by atoms with Gasteiger partial charge in [-0.3, -0.25) is 49.0 Å². The van der Waals surface area contributed by atoms with Gasteiger partial charge in [0.05, 0.1) is 39.3 Å². The number of carbonyl (C=O) groups excluding carboxylic acids is 6. The van der Waals surface area contributed by atoms with Gasteiger partial charge in [0.15, 0.2) is 10.9 Å². The lowest BCUT2D eigenvalue weighted by Crippen LogP contribution is -2.54. The highest BCUT2D eigenvalue weighted by molar-refractivity contribution is 7.22. The number of para-hydroxylation sites is 1. The third-order valence-corrected chi connectivity index (χ3v) is 14.6. The first-order chi connectivity index (χ1) is 30.2. The van der Waals surface area contributed by atoms with E-state index in [-0.39, 0.29) is 70.9 Å². The maximum absolute atomic E-state index is 12.1. The van der Waals surface area contributed by atoms with E-state index < -0.39 is 20.8 Å². The number of benzene rings is 2. The molecule has 2 aromatic heterocycles. The number of fused-ring (bicyclic) bond motifs is 1. The molecule has 10 rings (SSSR count). The van der Waals surface area contributed by atoms with Crippen LogP contribution < -0.4 is 20.0 Å². The number of nitrogens with one attached hydrogen (secondary N) is 1. The number of piperidine rings is 3. The molecule has 328 valence electrons. The van der Waals surface area contributed by atoms with Crippen LogP contribution in [0.15, 0.2) is 66.9 Å². The highest BCUT2D eigenvalue weighted by Gasteiger charge is 2.50. The molecular weight excluding hydrogens is 833 g/mol. The van der Waals surface area contributed by atoms with E-state index in [2.05, 4.69) is 31.2 Å². The van der Waals surface area contributed by atoms with E-state index in [0.29, 0.717) is 70.5 Å². The van der Waals surface area contributed by atoms with Gasteiger partial charge in [-0.25, -0.2) is 9.97 Å². The van der Waals surface area contributed by atoms with Crippen molar-refractivity contribution in [1.29, 1.82) is 0 Å². The Labute approximate surface area is 365 Å². The summed E-state index contributed by atoms with van der Waals surface area (Å²) in [6.07, 6.45) is 6.31. The number of ketones is 5. The Morgan fingerprint density at radius 3 is 1.62 bits per heavy atom. The van der Waals surface area contributed by atoms with E-state index >= 15 is 0 Å². The zero-order valence-corrected chi connectivity index (χ0v) is 35.3. The van der Waals surface area contributed by atoms with Crippen molar-refractivity contribution >= 4 is 84.4 Å². The molecule has 63 heavy (non-hydrogen) atoms. The predicted octanol–water partition coefficient (Wildman–Crippen LogP) is 5.35. The van der Waals surface area contributed by atoms with Gasteiger partial charge in [-0.15, -0.1) is 0 Å². The van der Waals surface area contributed by atoms with Crippen molar-refractivity contribution in [2.45, 2.75) is 76.2 Å². The SMILES string of the molecule is O=C1CC(=O)C2(CCN(c3ccc([N+](=O)[O-])cc3)CC2)N1.O=C1CC(=O)C2(CCN(c3ccc([N+](=O)[O-])cn3)CC2)C1.O=C1CC(=O)C2(CCN(c3nc4ccccc4s3)CC2)C1. The molecule has 4 aliphatic heterocycles. The third-order valence-electron chi connectivity index (χ3n) is 13.5. The summed E-state index contributed by atoms with van der Waals surface area (Å²) >= 11 is 1.70. The Morgan fingerprint density at radius 2 is 1.14 bits per heavy atom. The second-order valence-corrected chi connectivity index (χ2v) is 18.3. The molecule has 6 fully saturated rings. The molecule has 4 aromatic rings. The van der Waals surface area contributed by atoms with E-state index in [4.69, 9.17) is 0 Å². The molecule has 0 radical (unpaired) electrons. The number of rotatable bonds is 5. The first kappa shape index (κ1) is 43.2. The molecule has 0 unspecified atom stereocenters. The van der Waals surface area contributed by atoms with E-state index in [1.807, 2.05) is 23.1 Å².